The Balaban J connectivity index is 1.85. The molecular formula is C12H22N2O2. The Labute approximate surface area is 97.1 Å². The third-order valence-corrected chi connectivity index (χ3v) is 3.65. The molecule has 92 valence electrons. The highest BCUT2D eigenvalue weighted by molar-refractivity contribution is 5.68. The minimum absolute atomic E-state index is 0.280. The number of hydrogen-bond donors (Lipinski definition) is 2. The molecule has 2 N–H and O–H groups in total. The predicted octanol–water partition coefficient (Wildman–Crippen LogP) is 1.51. The van der Waals surface area contributed by atoms with Crippen LogP contribution in [-0.2, 0) is 4.74 Å². The molecule has 1 amide bonds. The maximum absolute atomic E-state index is 11.6. The Bertz CT molecular complexity index is 285. The van der Waals surface area contributed by atoms with E-state index in [1.54, 1.807) is 0 Å². The largest absolute Gasteiger partial charge is 0.444 e. The minimum Gasteiger partial charge on any atom is -0.444 e. The van der Waals surface area contributed by atoms with Crippen molar-refractivity contribution in [2.45, 2.75) is 51.8 Å². The number of nitrogens with one attached hydrogen (secondary N) is 2. The number of amides is 1. The lowest BCUT2D eigenvalue weighted by atomic mass is 9.98. The lowest BCUT2D eigenvalue weighted by molar-refractivity contribution is 0.0488. The van der Waals surface area contributed by atoms with Gasteiger partial charge in [0.15, 0.2) is 0 Å². The highest BCUT2D eigenvalue weighted by Crippen LogP contribution is 2.36. The van der Waals surface area contributed by atoms with Crippen LogP contribution in [0.4, 0.5) is 4.79 Å². The third-order valence-electron chi connectivity index (χ3n) is 3.65. The first kappa shape index (κ1) is 11.7. The number of carbonyl (C=O) groups excluding carboxylic acids is 1. The molecule has 0 radical (unpaired) electrons. The van der Waals surface area contributed by atoms with Crippen LogP contribution < -0.4 is 10.6 Å². The molecule has 2 fully saturated rings. The maximum atomic E-state index is 11.6. The number of fused-ring (bicyclic) bond motifs is 2. The third kappa shape index (κ3) is 2.32. The molecule has 2 rings (SSSR count). The highest BCUT2D eigenvalue weighted by Gasteiger charge is 2.46. The Kier molecular flexibility index (Phi) is 2.86. The number of hydrogen-bond acceptors (Lipinski definition) is 3. The van der Waals surface area contributed by atoms with Crippen LogP contribution in [0.5, 0.6) is 0 Å². The van der Waals surface area contributed by atoms with Crippen LogP contribution in [0, 0.1) is 11.8 Å². The van der Waals surface area contributed by atoms with Gasteiger partial charge in [0.2, 0.25) is 0 Å². The second-order valence-corrected chi connectivity index (χ2v) is 6.03. The molecule has 0 aromatic rings. The standard InChI is InChI=1S/C12H22N2O2/c1-7-8-6-13-9(7)5-10(8)14-11(15)16-12(2,3)4/h7-10,13H,5-6H2,1-4H3,(H,14,15)/t7-,8?,9+,10-/m1/s1. The predicted molar refractivity (Wildman–Crippen MR) is 62.2 cm³/mol. The van der Waals surface area contributed by atoms with Crippen molar-refractivity contribution in [2.75, 3.05) is 6.54 Å². The maximum Gasteiger partial charge on any atom is 0.407 e. The van der Waals surface area contributed by atoms with Crippen LogP contribution in [-0.4, -0.2) is 30.3 Å². The molecule has 1 aliphatic carbocycles. The van der Waals surface area contributed by atoms with E-state index in [4.69, 9.17) is 4.74 Å². The fraction of sp³-hybridized carbons (Fsp3) is 0.917. The Morgan fingerprint density at radius 3 is 2.56 bits per heavy atom. The van der Waals surface area contributed by atoms with Gasteiger partial charge in [-0.2, -0.15) is 0 Å². The van der Waals surface area contributed by atoms with Crippen molar-refractivity contribution in [1.29, 1.82) is 0 Å². The van der Waals surface area contributed by atoms with Gasteiger partial charge in [-0.05, 0) is 39.0 Å². The van der Waals surface area contributed by atoms with Crippen LogP contribution in [0.1, 0.15) is 34.1 Å². The van der Waals surface area contributed by atoms with Crippen LogP contribution in [0.2, 0.25) is 0 Å². The zero-order valence-electron chi connectivity index (χ0n) is 10.5. The molecule has 0 aromatic carbocycles. The summed E-state index contributed by atoms with van der Waals surface area (Å²) in [7, 11) is 0. The molecule has 4 atom stereocenters. The topological polar surface area (TPSA) is 50.4 Å². The minimum atomic E-state index is -0.411. The average Bonchev–Trinajstić information content (AvgIpc) is 2.57. The number of ether oxygens (including phenoxy) is 1. The second kappa shape index (κ2) is 3.91. The van der Waals surface area contributed by atoms with Crippen molar-refractivity contribution < 1.29 is 9.53 Å². The van der Waals surface area contributed by atoms with Gasteiger partial charge in [-0.1, -0.05) is 6.92 Å². The highest BCUT2D eigenvalue weighted by atomic mass is 16.6. The van der Waals surface area contributed by atoms with Crippen LogP contribution in [0.15, 0.2) is 0 Å². The number of piperidine rings is 1. The summed E-state index contributed by atoms with van der Waals surface area (Å²) < 4.78 is 5.27. The molecule has 1 unspecified atom stereocenters. The van der Waals surface area contributed by atoms with Crippen molar-refractivity contribution >= 4 is 6.09 Å². The van der Waals surface area contributed by atoms with Crippen molar-refractivity contribution in [3.63, 3.8) is 0 Å². The van der Waals surface area contributed by atoms with E-state index < -0.39 is 5.60 Å². The Morgan fingerprint density at radius 2 is 2.12 bits per heavy atom. The summed E-state index contributed by atoms with van der Waals surface area (Å²) in [5.41, 5.74) is -0.411. The van der Waals surface area contributed by atoms with Crippen molar-refractivity contribution in [3.05, 3.63) is 0 Å². The Morgan fingerprint density at radius 1 is 1.44 bits per heavy atom. The molecule has 1 aliphatic heterocycles. The van der Waals surface area contributed by atoms with Gasteiger partial charge in [-0.15, -0.1) is 0 Å². The second-order valence-electron chi connectivity index (χ2n) is 6.03. The molecular weight excluding hydrogens is 204 g/mol. The van der Waals surface area contributed by atoms with Gasteiger partial charge in [0.1, 0.15) is 5.60 Å². The van der Waals surface area contributed by atoms with E-state index in [9.17, 15) is 4.79 Å². The van der Waals surface area contributed by atoms with Gasteiger partial charge in [0.25, 0.3) is 0 Å². The van der Waals surface area contributed by atoms with E-state index in [2.05, 4.69) is 17.6 Å². The molecule has 0 aromatic heterocycles. The molecule has 16 heavy (non-hydrogen) atoms. The molecule has 2 bridgehead atoms. The average molecular weight is 226 g/mol. The fourth-order valence-corrected chi connectivity index (χ4v) is 2.84. The molecule has 0 spiro atoms. The van der Waals surface area contributed by atoms with Gasteiger partial charge in [0, 0.05) is 18.6 Å². The summed E-state index contributed by atoms with van der Waals surface area (Å²) in [4.78, 5) is 11.6. The van der Waals surface area contributed by atoms with Crippen LogP contribution in [0.3, 0.4) is 0 Å². The van der Waals surface area contributed by atoms with Crippen molar-refractivity contribution in [2.24, 2.45) is 11.8 Å². The smallest absolute Gasteiger partial charge is 0.407 e. The summed E-state index contributed by atoms with van der Waals surface area (Å²) in [6.07, 6.45) is 0.752. The first-order chi connectivity index (χ1) is 7.37. The molecule has 4 nitrogen and oxygen atoms in total. The quantitative estimate of drug-likeness (QED) is 0.712. The monoisotopic (exact) mass is 226 g/mol. The van der Waals surface area contributed by atoms with E-state index in [1.165, 1.54) is 0 Å². The van der Waals surface area contributed by atoms with Crippen molar-refractivity contribution in [3.8, 4) is 0 Å². The molecule has 2 aliphatic rings. The Hall–Kier alpha value is -0.770. The van der Waals surface area contributed by atoms with E-state index in [0.717, 1.165) is 13.0 Å². The zero-order valence-corrected chi connectivity index (χ0v) is 10.5. The summed E-state index contributed by atoms with van der Waals surface area (Å²) >= 11 is 0. The molecule has 1 saturated heterocycles. The van der Waals surface area contributed by atoms with E-state index >= 15 is 0 Å². The van der Waals surface area contributed by atoms with Gasteiger partial charge in [-0.3, -0.25) is 0 Å². The van der Waals surface area contributed by atoms with Crippen LogP contribution in [0.25, 0.3) is 0 Å². The number of alkyl carbamates (subject to hydrolysis) is 1. The number of rotatable bonds is 1. The summed E-state index contributed by atoms with van der Waals surface area (Å²) in [6, 6.07) is 0.862. The van der Waals surface area contributed by atoms with E-state index in [1.807, 2.05) is 20.8 Å². The first-order valence-electron chi connectivity index (χ1n) is 6.10. The van der Waals surface area contributed by atoms with E-state index in [0.29, 0.717) is 17.9 Å². The lowest BCUT2D eigenvalue weighted by Crippen LogP contribution is -2.45. The SMILES string of the molecule is C[C@@H]1C2CN[C@H]1C[C@H]2NC(=O)OC(C)(C)C. The normalized spacial score (nSPS) is 37.5. The molecule has 1 saturated carbocycles. The van der Waals surface area contributed by atoms with Gasteiger partial charge < -0.3 is 15.4 Å². The first-order valence-corrected chi connectivity index (χ1v) is 6.10. The summed E-state index contributed by atoms with van der Waals surface area (Å²) in [5, 5.41) is 6.46. The van der Waals surface area contributed by atoms with Crippen LogP contribution >= 0.6 is 0 Å². The fourth-order valence-electron chi connectivity index (χ4n) is 2.84. The lowest BCUT2D eigenvalue weighted by Gasteiger charge is -2.26. The van der Waals surface area contributed by atoms with Gasteiger partial charge >= 0.3 is 6.09 Å². The zero-order chi connectivity index (χ0) is 11.9. The van der Waals surface area contributed by atoms with Gasteiger partial charge in [0.05, 0.1) is 0 Å². The molecule has 1 heterocycles. The molecule has 4 heteroatoms. The number of carbonyl (C=O) groups is 1. The van der Waals surface area contributed by atoms with Crippen molar-refractivity contribution in [1.82, 2.24) is 10.6 Å². The van der Waals surface area contributed by atoms with E-state index in [-0.39, 0.29) is 12.1 Å². The summed E-state index contributed by atoms with van der Waals surface area (Å²) in [6.45, 7) is 8.94. The van der Waals surface area contributed by atoms with Gasteiger partial charge in [-0.25, -0.2) is 4.79 Å². The summed E-state index contributed by atoms with van der Waals surface area (Å²) in [5.74, 6) is 1.23.